The third-order valence-electron chi connectivity index (χ3n) is 5.09. The van der Waals surface area contributed by atoms with Gasteiger partial charge in [0, 0.05) is 25.2 Å². The van der Waals surface area contributed by atoms with E-state index in [1.807, 2.05) is 18.2 Å². The first-order chi connectivity index (χ1) is 14.7. The molecule has 0 bridgehead atoms. The number of aromatic nitrogens is 2. The lowest BCUT2D eigenvalue weighted by Gasteiger charge is -2.24. The molecule has 4 rings (SSSR count). The first kappa shape index (κ1) is 20.4. The third-order valence-corrected chi connectivity index (χ3v) is 5.09. The predicted molar refractivity (Wildman–Crippen MR) is 110 cm³/mol. The molecule has 0 amide bonds. The van der Waals surface area contributed by atoms with Crippen molar-refractivity contribution in [3.05, 3.63) is 40.3 Å². The van der Waals surface area contributed by atoms with E-state index in [1.165, 1.54) is 0 Å². The lowest BCUT2D eigenvalue weighted by atomic mass is 9.97. The molecule has 160 valence electrons. The van der Waals surface area contributed by atoms with Crippen LogP contribution in [0.1, 0.15) is 5.56 Å². The minimum Gasteiger partial charge on any atom is -0.484 e. The topological polar surface area (TPSA) is 93.4 Å². The van der Waals surface area contributed by atoms with Crippen molar-refractivity contribution >= 4 is 5.90 Å². The van der Waals surface area contributed by atoms with Crippen LogP contribution in [0.3, 0.4) is 0 Å². The molecule has 1 aromatic heterocycles. The number of hydrogen-bond donors (Lipinski definition) is 0. The number of fused-ring (bicyclic) bond motifs is 3. The van der Waals surface area contributed by atoms with Gasteiger partial charge in [0.2, 0.25) is 11.8 Å². The summed E-state index contributed by atoms with van der Waals surface area (Å²) in [6.45, 7) is 2.71. The van der Waals surface area contributed by atoms with Crippen LogP contribution in [0.25, 0.3) is 11.3 Å². The minimum absolute atomic E-state index is 0.157. The van der Waals surface area contributed by atoms with Crippen LogP contribution in [0.4, 0.5) is 0 Å². The van der Waals surface area contributed by atoms with E-state index in [9.17, 15) is 4.79 Å². The van der Waals surface area contributed by atoms with Gasteiger partial charge in [0.25, 0.3) is 0 Å². The number of aliphatic imine (C=N–C) groups is 1. The molecule has 9 heteroatoms. The van der Waals surface area contributed by atoms with Gasteiger partial charge in [-0.05, 0) is 30.2 Å². The van der Waals surface area contributed by atoms with E-state index >= 15 is 0 Å². The fourth-order valence-electron chi connectivity index (χ4n) is 3.52. The van der Waals surface area contributed by atoms with Gasteiger partial charge in [0.05, 0.1) is 32.6 Å². The van der Waals surface area contributed by atoms with Gasteiger partial charge < -0.3 is 23.7 Å². The summed E-state index contributed by atoms with van der Waals surface area (Å²) in [7, 11) is 3.22. The Morgan fingerprint density at radius 2 is 2.20 bits per heavy atom. The van der Waals surface area contributed by atoms with E-state index in [0.717, 1.165) is 22.6 Å². The lowest BCUT2D eigenvalue weighted by Crippen LogP contribution is -2.34. The largest absolute Gasteiger partial charge is 0.484 e. The predicted octanol–water partition coefficient (Wildman–Crippen LogP) is 1.31. The number of nitrogens with zero attached hydrogens (tertiary/aromatic N) is 3. The maximum Gasteiger partial charge on any atom is 0.351 e. The van der Waals surface area contributed by atoms with E-state index in [4.69, 9.17) is 23.7 Å². The molecule has 2 aliphatic heterocycles. The SMILES string of the molecule is C/N=C(/COc1ccc2c(c1)CCn1c-2cc(OCC2COCCO2)nc1=O)OC. The van der Waals surface area contributed by atoms with E-state index in [0.29, 0.717) is 38.7 Å². The molecule has 9 nitrogen and oxygen atoms in total. The molecule has 0 saturated carbocycles. The van der Waals surface area contributed by atoms with Gasteiger partial charge in [0.15, 0.2) is 6.61 Å². The molecule has 1 atom stereocenters. The Bertz CT molecular complexity index is 981. The van der Waals surface area contributed by atoms with Crippen molar-refractivity contribution in [3.63, 3.8) is 0 Å². The number of aryl methyl sites for hydroxylation is 1. The quantitative estimate of drug-likeness (QED) is 0.519. The first-order valence-corrected chi connectivity index (χ1v) is 9.87. The molecule has 1 aromatic carbocycles. The Morgan fingerprint density at radius 3 is 2.97 bits per heavy atom. The number of hydrogen-bond acceptors (Lipinski definition) is 8. The second kappa shape index (κ2) is 9.27. The molecule has 0 N–H and O–H groups in total. The maximum atomic E-state index is 12.5. The van der Waals surface area contributed by atoms with Crippen LogP contribution in [0, 0.1) is 0 Å². The van der Waals surface area contributed by atoms with Crippen LogP contribution in [-0.2, 0) is 27.2 Å². The van der Waals surface area contributed by atoms with Crippen LogP contribution in [0.15, 0.2) is 34.1 Å². The van der Waals surface area contributed by atoms with Crippen LogP contribution in [0.2, 0.25) is 0 Å². The van der Waals surface area contributed by atoms with Gasteiger partial charge in [0.1, 0.15) is 18.5 Å². The Morgan fingerprint density at radius 1 is 1.30 bits per heavy atom. The standard InChI is InChI=1S/C21H25N3O6/c1-22-20(26-2)13-29-15-3-4-17-14(9-15)5-6-24-18(17)10-19(23-21(24)25)30-12-16-11-27-7-8-28-16/h3-4,9-10,16H,5-8,11-13H2,1-2H3/b22-20-. The van der Waals surface area contributed by atoms with Crippen molar-refractivity contribution in [2.24, 2.45) is 4.99 Å². The molecule has 1 fully saturated rings. The molecule has 30 heavy (non-hydrogen) atoms. The molecule has 2 aromatic rings. The molecule has 0 spiro atoms. The van der Waals surface area contributed by atoms with Crippen molar-refractivity contribution in [1.29, 1.82) is 0 Å². The number of methoxy groups -OCH3 is 1. The minimum atomic E-state index is -0.321. The lowest BCUT2D eigenvalue weighted by molar-refractivity contribution is -0.102. The number of ether oxygens (including phenoxy) is 5. The Kier molecular flexibility index (Phi) is 6.29. The summed E-state index contributed by atoms with van der Waals surface area (Å²) in [5.74, 6) is 1.53. The van der Waals surface area contributed by atoms with E-state index in [2.05, 4.69) is 9.98 Å². The molecule has 2 aliphatic rings. The molecular weight excluding hydrogens is 390 g/mol. The van der Waals surface area contributed by atoms with Crippen molar-refractivity contribution in [1.82, 2.24) is 9.55 Å². The monoisotopic (exact) mass is 415 g/mol. The molecule has 0 aliphatic carbocycles. The van der Waals surface area contributed by atoms with Crippen LogP contribution >= 0.6 is 0 Å². The van der Waals surface area contributed by atoms with Crippen molar-refractivity contribution in [3.8, 4) is 22.9 Å². The highest BCUT2D eigenvalue weighted by Gasteiger charge is 2.21. The van der Waals surface area contributed by atoms with E-state index in [-0.39, 0.29) is 30.9 Å². The van der Waals surface area contributed by atoms with Gasteiger partial charge in [-0.3, -0.25) is 9.56 Å². The van der Waals surface area contributed by atoms with Crippen LogP contribution in [0.5, 0.6) is 11.6 Å². The zero-order chi connectivity index (χ0) is 20.9. The molecular formula is C21H25N3O6. The Labute approximate surface area is 174 Å². The summed E-state index contributed by atoms with van der Waals surface area (Å²) < 4.78 is 29.3. The number of benzene rings is 1. The summed E-state index contributed by atoms with van der Waals surface area (Å²) in [5, 5.41) is 0. The van der Waals surface area contributed by atoms with Crippen molar-refractivity contribution in [2.45, 2.75) is 19.1 Å². The second-order valence-corrected chi connectivity index (χ2v) is 6.97. The first-order valence-electron chi connectivity index (χ1n) is 9.87. The average Bonchev–Trinajstić information content (AvgIpc) is 2.78. The normalized spacial score (nSPS) is 18.3. The highest BCUT2D eigenvalue weighted by atomic mass is 16.6. The van der Waals surface area contributed by atoms with Crippen LogP contribution < -0.4 is 15.2 Å². The molecule has 0 radical (unpaired) electrons. The number of rotatable bonds is 6. The zero-order valence-electron chi connectivity index (χ0n) is 17.1. The smallest absolute Gasteiger partial charge is 0.351 e. The zero-order valence-corrected chi connectivity index (χ0v) is 17.1. The second-order valence-electron chi connectivity index (χ2n) is 6.97. The van der Waals surface area contributed by atoms with Gasteiger partial charge in [-0.15, -0.1) is 0 Å². The summed E-state index contributed by atoms with van der Waals surface area (Å²) >= 11 is 0. The summed E-state index contributed by atoms with van der Waals surface area (Å²) in [6.07, 6.45) is 0.558. The summed E-state index contributed by atoms with van der Waals surface area (Å²) in [5.41, 5.74) is 2.52. The molecule has 1 unspecified atom stereocenters. The van der Waals surface area contributed by atoms with E-state index < -0.39 is 0 Å². The van der Waals surface area contributed by atoms with E-state index in [1.54, 1.807) is 24.8 Å². The third kappa shape index (κ3) is 4.47. The van der Waals surface area contributed by atoms with Crippen molar-refractivity contribution < 1.29 is 23.7 Å². The highest BCUT2D eigenvalue weighted by molar-refractivity contribution is 5.77. The van der Waals surface area contributed by atoms with Gasteiger partial charge in [-0.2, -0.15) is 4.98 Å². The highest BCUT2D eigenvalue weighted by Crippen LogP contribution is 2.32. The Balaban J connectivity index is 1.53. The van der Waals surface area contributed by atoms with Gasteiger partial charge in [-0.25, -0.2) is 4.79 Å². The average molecular weight is 415 g/mol. The van der Waals surface area contributed by atoms with Crippen molar-refractivity contribution in [2.75, 3.05) is 47.2 Å². The molecule has 3 heterocycles. The summed E-state index contributed by atoms with van der Waals surface area (Å²) in [4.78, 5) is 20.6. The maximum absolute atomic E-state index is 12.5. The fraction of sp³-hybridized carbons (Fsp3) is 0.476. The molecule has 1 saturated heterocycles. The van der Waals surface area contributed by atoms with Crippen LogP contribution in [-0.4, -0.2) is 68.7 Å². The van der Waals surface area contributed by atoms with Gasteiger partial charge in [-0.1, -0.05) is 0 Å². The fourth-order valence-corrected chi connectivity index (χ4v) is 3.52. The Hall–Kier alpha value is -2.91. The summed E-state index contributed by atoms with van der Waals surface area (Å²) in [6, 6.07) is 7.61. The van der Waals surface area contributed by atoms with Gasteiger partial charge >= 0.3 is 5.69 Å².